The fourth-order valence-electron chi connectivity index (χ4n) is 6.12. The van der Waals surface area contributed by atoms with E-state index >= 15 is 0 Å². The number of aryl methyl sites for hydroxylation is 2. The second-order valence-corrected chi connectivity index (χ2v) is 15.5. The Morgan fingerprint density at radius 3 is 1.27 bits per heavy atom. The average molecular weight is 927 g/mol. The van der Waals surface area contributed by atoms with Crippen molar-refractivity contribution in [1.82, 2.24) is 9.13 Å². The van der Waals surface area contributed by atoms with Crippen molar-refractivity contribution in [3.8, 4) is 0 Å². The maximum atomic E-state index is 14.7. The Balaban J connectivity index is 0.000000214. The number of pyridine rings is 2. The van der Waals surface area contributed by atoms with Crippen LogP contribution in [0.4, 0.5) is 8.78 Å². The van der Waals surface area contributed by atoms with Crippen LogP contribution in [-0.2, 0) is 14.1 Å². The van der Waals surface area contributed by atoms with E-state index in [-0.39, 0.29) is 24.0 Å². The normalized spacial score (nSPS) is 12.8. The predicted molar refractivity (Wildman–Crippen MR) is 224 cm³/mol. The summed E-state index contributed by atoms with van der Waals surface area (Å²) >= 11 is 18.6. The third-order valence-corrected chi connectivity index (χ3v) is 10.6. The molecule has 2 atom stereocenters. The first-order chi connectivity index (χ1) is 26.8. The van der Waals surface area contributed by atoms with Gasteiger partial charge < -0.3 is 19.5 Å². The Labute approximate surface area is 348 Å². The van der Waals surface area contributed by atoms with Crippen molar-refractivity contribution in [1.29, 1.82) is 0 Å². The summed E-state index contributed by atoms with van der Waals surface area (Å²) in [5.41, 5.74) is 4.11. The summed E-state index contributed by atoms with van der Waals surface area (Å²) < 4.78 is 34.0. The van der Waals surface area contributed by atoms with Crippen LogP contribution in [0.1, 0.15) is 58.1 Å². The van der Waals surface area contributed by atoms with Crippen molar-refractivity contribution in [2.75, 3.05) is 0 Å². The summed E-state index contributed by atoms with van der Waals surface area (Å²) in [5, 5.41) is 26.7. The van der Waals surface area contributed by atoms with Crippen molar-refractivity contribution in [3.05, 3.63) is 206 Å². The molecule has 0 aliphatic carbocycles. The Kier molecular flexibility index (Phi) is 14.6. The molecule has 56 heavy (non-hydrogen) atoms. The summed E-state index contributed by atoms with van der Waals surface area (Å²) in [6.07, 6.45) is 3.65. The molecule has 0 amide bonds. The van der Waals surface area contributed by atoms with Gasteiger partial charge in [-0.15, -0.1) is 0 Å². The van der Waals surface area contributed by atoms with E-state index in [0.717, 1.165) is 20.1 Å². The smallest absolute Gasteiger partial charge is 0.250 e. The van der Waals surface area contributed by atoms with E-state index in [2.05, 4.69) is 42.2 Å². The first kappa shape index (κ1) is 42.3. The largest absolute Gasteiger partial charge is 0.411 e. The molecular weight excluding hydrogens is 893 g/mol. The van der Waals surface area contributed by atoms with E-state index in [1.54, 1.807) is 62.9 Å². The molecule has 0 saturated carbocycles. The summed E-state index contributed by atoms with van der Waals surface area (Å²) in [7, 11) is 3.23. The standard InChI is InChI=1S/2C21H17BrClFN2O2/c2*1-26-12-14(4-9-21(26)27)20(25-28)11-18(13-2-5-15(22)6-3-13)17-8-7-16(23)10-19(17)24/h2*2-10,12,18,28H,11H2,1H3/b2*25-20+. The van der Waals surface area contributed by atoms with Crippen LogP contribution in [0.2, 0.25) is 10.0 Å². The molecular formula is C42H34Br2Cl2F2N4O4. The van der Waals surface area contributed by atoms with Gasteiger partial charge in [0.25, 0.3) is 0 Å². The second-order valence-electron chi connectivity index (χ2n) is 12.8. The van der Waals surface area contributed by atoms with Gasteiger partial charge in [-0.05, 0) is 82.9 Å². The van der Waals surface area contributed by atoms with Crippen molar-refractivity contribution >= 4 is 66.5 Å². The number of rotatable bonds is 10. The lowest BCUT2D eigenvalue weighted by molar-refractivity contribution is 0.317. The fraction of sp³-hybridized carbons (Fsp3) is 0.143. The predicted octanol–water partition coefficient (Wildman–Crippen LogP) is 10.7. The molecule has 2 heterocycles. The molecule has 6 aromatic rings. The van der Waals surface area contributed by atoms with Crippen LogP contribution >= 0.6 is 55.1 Å². The Bertz CT molecular complexity index is 2340. The molecule has 0 aliphatic rings. The second kappa shape index (κ2) is 19.3. The summed E-state index contributed by atoms with van der Waals surface area (Å²) in [6.45, 7) is 0. The molecule has 288 valence electrons. The van der Waals surface area contributed by atoms with Crippen molar-refractivity contribution in [2.45, 2.75) is 24.7 Å². The zero-order chi connectivity index (χ0) is 40.5. The molecule has 0 spiro atoms. The first-order valence-electron chi connectivity index (χ1n) is 16.9. The number of halogens is 6. The highest BCUT2D eigenvalue weighted by molar-refractivity contribution is 9.10. The molecule has 2 aromatic heterocycles. The summed E-state index contributed by atoms with van der Waals surface area (Å²) in [4.78, 5) is 23.3. The van der Waals surface area contributed by atoms with Crippen LogP contribution in [-0.4, -0.2) is 31.0 Å². The molecule has 4 aromatic carbocycles. The summed E-state index contributed by atoms with van der Waals surface area (Å²) in [5.74, 6) is -1.68. The van der Waals surface area contributed by atoms with E-state index in [9.17, 15) is 28.8 Å². The lowest BCUT2D eigenvalue weighted by atomic mass is 9.85. The lowest BCUT2D eigenvalue weighted by Gasteiger charge is -2.20. The van der Waals surface area contributed by atoms with Gasteiger partial charge in [-0.3, -0.25) is 9.59 Å². The van der Waals surface area contributed by atoms with Crippen LogP contribution in [0.5, 0.6) is 0 Å². The van der Waals surface area contributed by atoms with E-state index < -0.39 is 23.5 Å². The van der Waals surface area contributed by atoms with Gasteiger partial charge in [0.15, 0.2) is 0 Å². The maximum Gasteiger partial charge on any atom is 0.250 e. The van der Waals surface area contributed by atoms with Crippen LogP contribution in [0.25, 0.3) is 0 Å². The van der Waals surface area contributed by atoms with Gasteiger partial charge in [-0.25, -0.2) is 8.78 Å². The van der Waals surface area contributed by atoms with Gasteiger partial charge in [0, 0.05) is 93.4 Å². The molecule has 14 heteroatoms. The number of oxime groups is 2. The molecule has 0 radical (unpaired) electrons. The highest BCUT2D eigenvalue weighted by Gasteiger charge is 2.24. The third kappa shape index (κ3) is 10.7. The van der Waals surface area contributed by atoms with Gasteiger partial charge in [-0.2, -0.15) is 0 Å². The monoisotopic (exact) mass is 924 g/mol. The Morgan fingerprint density at radius 1 is 0.607 bits per heavy atom. The average Bonchev–Trinajstić information content (AvgIpc) is 3.17. The van der Waals surface area contributed by atoms with Gasteiger partial charge in [0.2, 0.25) is 11.1 Å². The van der Waals surface area contributed by atoms with E-state index in [4.69, 9.17) is 23.2 Å². The van der Waals surface area contributed by atoms with Crippen molar-refractivity contribution in [2.24, 2.45) is 24.4 Å². The fourth-order valence-corrected chi connectivity index (χ4v) is 6.97. The molecule has 0 aliphatic heterocycles. The lowest BCUT2D eigenvalue weighted by Crippen LogP contribution is -2.18. The highest BCUT2D eigenvalue weighted by atomic mass is 79.9. The Morgan fingerprint density at radius 2 is 0.964 bits per heavy atom. The maximum absolute atomic E-state index is 14.7. The molecule has 6 rings (SSSR count). The number of benzene rings is 4. The molecule has 0 saturated heterocycles. The highest BCUT2D eigenvalue weighted by Crippen LogP contribution is 2.35. The number of hydrogen-bond donors (Lipinski definition) is 2. The molecule has 2 unspecified atom stereocenters. The van der Waals surface area contributed by atoms with Gasteiger partial charge >= 0.3 is 0 Å². The van der Waals surface area contributed by atoms with Crippen molar-refractivity contribution in [3.63, 3.8) is 0 Å². The van der Waals surface area contributed by atoms with Gasteiger partial charge in [0.05, 0.1) is 11.4 Å². The van der Waals surface area contributed by atoms with Crippen molar-refractivity contribution < 1.29 is 19.2 Å². The van der Waals surface area contributed by atoms with Gasteiger partial charge in [0.1, 0.15) is 11.6 Å². The minimum atomic E-state index is -0.432. The van der Waals surface area contributed by atoms with Crippen LogP contribution in [0.15, 0.2) is 150 Å². The van der Waals surface area contributed by atoms with Crippen LogP contribution in [0, 0.1) is 11.6 Å². The molecule has 0 fully saturated rings. The van der Waals surface area contributed by atoms with E-state index in [1.165, 1.54) is 33.4 Å². The molecule has 8 nitrogen and oxygen atoms in total. The van der Waals surface area contributed by atoms with Gasteiger partial charge in [-0.1, -0.05) is 102 Å². The van der Waals surface area contributed by atoms with E-state index in [1.807, 2.05) is 48.5 Å². The topological polar surface area (TPSA) is 109 Å². The number of hydrogen-bond acceptors (Lipinski definition) is 6. The third-order valence-electron chi connectivity index (χ3n) is 9.10. The Hall–Kier alpha value is -4.88. The quantitative estimate of drug-likeness (QED) is 0.0810. The molecule has 0 bridgehead atoms. The minimum Gasteiger partial charge on any atom is -0.411 e. The molecule has 2 N–H and O–H groups in total. The van der Waals surface area contributed by atoms with Crippen LogP contribution in [0.3, 0.4) is 0 Å². The number of nitrogens with zero attached hydrogens (tertiary/aromatic N) is 4. The number of aromatic nitrogens is 2. The summed E-state index contributed by atoms with van der Waals surface area (Å²) in [6, 6.07) is 30.1. The first-order valence-corrected chi connectivity index (χ1v) is 19.3. The zero-order valence-corrected chi connectivity index (χ0v) is 34.6. The van der Waals surface area contributed by atoms with E-state index in [0.29, 0.717) is 43.7 Å². The zero-order valence-electron chi connectivity index (χ0n) is 29.9. The SMILES string of the molecule is Cn1cc(/C(CC(c2ccc(Br)cc2)c2ccc(Cl)cc2F)=N/O)ccc1=O.Cn1cc(/C(CC(c2ccc(Br)cc2)c2ccc(Cl)cc2F)=N/O)ccc1=O. The van der Waals surface area contributed by atoms with Crippen LogP contribution < -0.4 is 11.1 Å². The minimum absolute atomic E-state index is 0.172.